The van der Waals surface area contributed by atoms with Crippen LogP contribution in [0.3, 0.4) is 0 Å². The number of piperazine rings is 1. The van der Waals surface area contributed by atoms with Crippen LogP contribution >= 0.6 is 0 Å². The molecule has 6 nitrogen and oxygen atoms in total. The Morgan fingerprint density at radius 2 is 1.71 bits per heavy atom. The summed E-state index contributed by atoms with van der Waals surface area (Å²) in [5, 5.41) is 0. The second kappa shape index (κ2) is 6.81. The zero-order valence-corrected chi connectivity index (χ0v) is 14.2. The molecule has 1 saturated carbocycles. The first-order valence-corrected chi connectivity index (χ1v) is 8.55. The highest BCUT2D eigenvalue weighted by Crippen LogP contribution is 2.29. The molecule has 0 atom stereocenters. The zero-order valence-electron chi connectivity index (χ0n) is 14.2. The minimum Gasteiger partial charge on any atom is -0.497 e. The van der Waals surface area contributed by atoms with Gasteiger partial charge in [0.2, 0.25) is 5.91 Å². The normalized spacial score (nSPS) is 20.1. The van der Waals surface area contributed by atoms with Gasteiger partial charge in [-0.3, -0.25) is 9.59 Å². The maximum absolute atomic E-state index is 12.6. The van der Waals surface area contributed by atoms with Gasteiger partial charge in [-0.1, -0.05) is 18.9 Å². The topological polar surface area (TPSA) is 75.9 Å². The Bertz CT molecular complexity index is 618. The van der Waals surface area contributed by atoms with Gasteiger partial charge >= 0.3 is 0 Å². The number of methoxy groups -OCH3 is 1. The van der Waals surface area contributed by atoms with Crippen molar-refractivity contribution in [1.82, 2.24) is 9.80 Å². The van der Waals surface area contributed by atoms with Crippen molar-refractivity contribution in [3.05, 3.63) is 29.8 Å². The summed E-state index contributed by atoms with van der Waals surface area (Å²) >= 11 is 0. The molecule has 1 saturated heterocycles. The highest BCUT2D eigenvalue weighted by molar-refractivity contribution is 5.95. The number of hydrogen-bond donors (Lipinski definition) is 1. The molecule has 2 amide bonds. The van der Waals surface area contributed by atoms with E-state index in [0.717, 1.165) is 25.7 Å². The van der Waals surface area contributed by atoms with E-state index in [-0.39, 0.29) is 11.8 Å². The third-order valence-corrected chi connectivity index (χ3v) is 5.09. The van der Waals surface area contributed by atoms with Gasteiger partial charge in [0.05, 0.1) is 12.6 Å². The molecule has 2 fully saturated rings. The number of hydrogen-bond acceptors (Lipinski definition) is 4. The largest absolute Gasteiger partial charge is 0.497 e. The van der Waals surface area contributed by atoms with E-state index in [0.29, 0.717) is 37.5 Å². The van der Waals surface area contributed by atoms with Crippen molar-refractivity contribution in [1.29, 1.82) is 0 Å². The first kappa shape index (κ1) is 16.8. The van der Waals surface area contributed by atoms with Gasteiger partial charge in [-0.05, 0) is 31.0 Å². The fourth-order valence-corrected chi connectivity index (χ4v) is 3.59. The van der Waals surface area contributed by atoms with Gasteiger partial charge in [-0.15, -0.1) is 0 Å². The van der Waals surface area contributed by atoms with Crippen molar-refractivity contribution in [3.63, 3.8) is 0 Å². The third-order valence-electron chi connectivity index (χ3n) is 5.09. The SMILES string of the molecule is COc1cccc(C(=O)N2CCN(C(=O)C3(N)CCCC3)CC2)c1. The summed E-state index contributed by atoms with van der Waals surface area (Å²) in [6.45, 7) is 2.18. The predicted octanol–water partition coefficient (Wildman–Crippen LogP) is 1.25. The lowest BCUT2D eigenvalue weighted by molar-refractivity contribution is -0.138. The lowest BCUT2D eigenvalue weighted by atomic mass is 9.97. The van der Waals surface area contributed by atoms with Gasteiger partial charge in [0.15, 0.2) is 0 Å². The molecule has 1 heterocycles. The molecule has 0 unspecified atom stereocenters. The van der Waals surface area contributed by atoms with E-state index in [4.69, 9.17) is 10.5 Å². The Kier molecular flexibility index (Phi) is 4.76. The number of benzene rings is 1. The van der Waals surface area contributed by atoms with Crippen LogP contribution in [-0.4, -0.2) is 60.4 Å². The van der Waals surface area contributed by atoms with Gasteiger partial charge in [0.1, 0.15) is 5.75 Å². The zero-order chi connectivity index (χ0) is 17.2. The van der Waals surface area contributed by atoms with Crippen LogP contribution in [0.1, 0.15) is 36.0 Å². The van der Waals surface area contributed by atoms with Crippen LogP contribution < -0.4 is 10.5 Å². The van der Waals surface area contributed by atoms with E-state index in [2.05, 4.69) is 0 Å². The number of ether oxygens (including phenoxy) is 1. The quantitative estimate of drug-likeness (QED) is 0.904. The summed E-state index contributed by atoms with van der Waals surface area (Å²) in [6, 6.07) is 7.16. The first-order valence-electron chi connectivity index (χ1n) is 8.55. The van der Waals surface area contributed by atoms with Crippen LogP contribution in [0.2, 0.25) is 0 Å². The molecule has 2 aliphatic rings. The van der Waals surface area contributed by atoms with Gasteiger partial charge in [-0.2, -0.15) is 0 Å². The Hall–Kier alpha value is -2.08. The molecule has 0 spiro atoms. The molecule has 1 aliphatic heterocycles. The van der Waals surface area contributed by atoms with Crippen molar-refractivity contribution in [2.24, 2.45) is 5.73 Å². The van der Waals surface area contributed by atoms with Gasteiger partial charge in [-0.25, -0.2) is 0 Å². The second-order valence-electron chi connectivity index (χ2n) is 6.68. The van der Waals surface area contributed by atoms with E-state index in [9.17, 15) is 9.59 Å². The molecular weight excluding hydrogens is 306 g/mol. The monoisotopic (exact) mass is 331 g/mol. The van der Waals surface area contributed by atoms with E-state index in [1.165, 1.54) is 0 Å². The van der Waals surface area contributed by atoms with Gasteiger partial charge in [0, 0.05) is 31.7 Å². The summed E-state index contributed by atoms with van der Waals surface area (Å²) in [7, 11) is 1.58. The van der Waals surface area contributed by atoms with Crippen LogP contribution in [0, 0.1) is 0 Å². The van der Waals surface area contributed by atoms with Crippen molar-refractivity contribution in [2.45, 2.75) is 31.2 Å². The summed E-state index contributed by atoms with van der Waals surface area (Å²) in [5.74, 6) is 0.693. The molecule has 0 radical (unpaired) electrons. The minimum absolute atomic E-state index is 0.0238. The smallest absolute Gasteiger partial charge is 0.254 e. The molecule has 3 rings (SSSR count). The molecule has 1 aromatic carbocycles. The van der Waals surface area contributed by atoms with Crippen molar-refractivity contribution < 1.29 is 14.3 Å². The fourth-order valence-electron chi connectivity index (χ4n) is 3.59. The average molecular weight is 331 g/mol. The van der Waals surface area contributed by atoms with Crippen LogP contribution in [0.25, 0.3) is 0 Å². The molecule has 130 valence electrons. The highest BCUT2D eigenvalue weighted by atomic mass is 16.5. The molecule has 0 aromatic heterocycles. The van der Waals surface area contributed by atoms with Gasteiger partial charge < -0.3 is 20.3 Å². The van der Waals surface area contributed by atoms with Gasteiger partial charge in [0.25, 0.3) is 5.91 Å². The number of nitrogens with zero attached hydrogens (tertiary/aromatic N) is 2. The van der Waals surface area contributed by atoms with Crippen molar-refractivity contribution in [2.75, 3.05) is 33.3 Å². The average Bonchev–Trinajstić information content (AvgIpc) is 3.08. The predicted molar refractivity (Wildman–Crippen MR) is 90.9 cm³/mol. The Labute approximate surface area is 142 Å². The van der Waals surface area contributed by atoms with Crippen LogP contribution in [0.15, 0.2) is 24.3 Å². The maximum Gasteiger partial charge on any atom is 0.254 e. The summed E-state index contributed by atoms with van der Waals surface area (Å²) in [5.41, 5.74) is 6.19. The number of amides is 2. The second-order valence-corrected chi connectivity index (χ2v) is 6.68. The number of carbonyl (C=O) groups is 2. The van der Waals surface area contributed by atoms with Crippen LogP contribution in [0.5, 0.6) is 5.75 Å². The Morgan fingerprint density at radius 3 is 2.33 bits per heavy atom. The third kappa shape index (κ3) is 3.24. The van der Waals surface area contributed by atoms with Crippen molar-refractivity contribution in [3.8, 4) is 5.75 Å². The Morgan fingerprint density at radius 1 is 1.08 bits per heavy atom. The van der Waals surface area contributed by atoms with E-state index < -0.39 is 5.54 Å². The Balaban J connectivity index is 1.60. The van der Waals surface area contributed by atoms with E-state index in [1.54, 1.807) is 24.1 Å². The molecule has 24 heavy (non-hydrogen) atoms. The molecule has 1 aromatic rings. The van der Waals surface area contributed by atoms with E-state index in [1.807, 2.05) is 17.0 Å². The first-order chi connectivity index (χ1) is 11.5. The van der Waals surface area contributed by atoms with Crippen molar-refractivity contribution >= 4 is 11.8 Å². The van der Waals surface area contributed by atoms with Crippen LogP contribution in [0.4, 0.5) is 0 Å². The molecule has 0 bridgehead atoms. The van der Waals surface area contributed by atoms with E-state index >= 15 is 0 Å². The summed E-state index contributed by atoms with van der Waals surface area (Å²) in [4.78, 5) is 28.8. The number of nitrogens with two attached hydrogens (primary N) is 1. The summed E-state index contributed by atoms with van der Waals surface area (Å²) < 4.78 is 5.17. The summed E-state index contributed by atoms with van der Waals surface area (Å²) in [6.07, 6.45) is 3.59. The van der Waals surface area contributed by atoms with Crippen LogP contribution in [-0.2, 0) is 4.79 Å². The molecule has 6 heteroatoms. The highest BCUT2D eigenvalue weighted by Gasteiger charge is 2.40. The minimum atomic E-state index is -0.682. The molecule has 2 N–H and O–H groups in total. The lowest BCUT2D eigenvalue weighted by Crippen LogP contribution is -2.59. The number of rotatable bonds is 3. The molecular formula is C18H25N3O3. The molecule has 1 aliphatic carbocycles. The lowest BCUT2D eigenvalue weighted by Gasteiger charge is -2.38. The standard InChI is InChI=1S/C18H25N3O3/c1-24-15-6-4-5-14(13-15)16(22)20-9-11-21(12-10-20)17(23)18(19)7-2-3-8-18/h4-6,13H,2-3,7-12,19H2,1H3. The fraction of sp³-hybridized carbons (Fsp3) is 0.556. The maximum atomic E-state index is 12.6. The number of carbonyl (C=O) groups excluding carboxylic acids is 2.